The van der Waals surface area contributed by atoms with E-state index in [0.29, 0.717) is 5.41 Å². The number of hydrogen-bond donors (Lipinski definition) is 2. The lowest BCUT2D eigenvalue weighted by molar-refractivity contribution is 0.0866. The molecule has 1 aliphatic carbocycles. The monoisotopic (exact) mass is 238 g/mol. The molecule has 0 bridgehead atoms. The maximum Gasteiger partial charge on any atom is 0.261 e. The highest BCUT2D eigenvalue weighted by Gasteiger charge is 2.36. The molecule has 1 aliphatic rings. The summed E-state index contributed by atoms with van der Waals surface area (Å²) < 4.78 is 0. The molecule has 0 spiro atoms. The molecule has 0 atom stereocenters. The Kier molecular flexibility index (Phi) is 3.61. The van der Waals surface area contributed by atoms with Gasteiger partial charge in [-0.1, -0.05) is 12.5 Å². The predicted molar refractivity (Wildman–Crippen MR) is 66.9 cm³/mol. The third-order valence-corrected chi connectivity index (χ3v) is 4.20. The molecule has 1 saturated carbocycles. The van der Waals surface area contributed by atoms with E-state index in [1.54, 1.807) is 0 Å². The van der Waals surface area contributed by atoms with E-state index in [2.05, 4.69) is 10.6 Å². The van der Waals surface area contributed by atoms with Gasteiger partial charge in [-0.25, -0.2) is 0 Å². The maximum atomic E-state index is 11.8. The fourth-order valence-corrected chi connectivity index (χ4v) is 2.87. The molecule has 3 nitrogen and oxygen atoms in total. The van der Waals surface area contributed by atoms with Crippen LogP contribution in [0, 0.1) is 5.41 Å². The topological polar surface area (TPSA) is 41.1 Å². The largest absolute Gasteiger partial charge is 0.351 e. The van der Waals surface area contributed by atoms with Crippen molar-refractivity contribution in [2.24, 2.45) is 5.41 Å². The highest BCUT2D eigenvalue weighted by molar-refractivity contribution is 7.12. The van der Waals surface area contributed by atoms with Gasteiger partial charge in [-0.3, -0.25) is 4.79 Å². The first-order valence-corrected chi connectivity index (χ1v) is 6.60. The van der Waals surface area contributed by atoms with Crippen molar-refractivity contribution in [3.05, 3.63) is 22.4 Å². The van der Waals surface area contributed by atoms with Gasteiger partial charge in [0.05, 0.1) is 4.88 Å². The van der Waals surface area contributed by atoms with Gasteiger partial charge in [-0.05, 0) is 31.3 Å². The smallest absolute Gasteiger partial charge is 0.261 e. The van der Waals surface area contributed by atoms with Gasteiger partial charge in [0.15, 0.2) is 0 Å². The second kappa shape index (κ2) is 4.97. The van der Waals surface area contributed by atoms with Gasteiger partial charge in [0, 0.05) is 18.5 Å². The van der Waals surface area contributed by atoms with E-state index in [4.69, 9.17) is 0 Å². The van der Waals surface area contributed by atoms with Crippen LogP contribution in [0.15, 0.2) is 17.5 Å². The first kappa shape index (κ1) is 11.6. The molecule has 0 aromatic carbocycles. The van der Waals surface area contributed by atoms with Crippen molar-refractivity contribution in [2.75, 3.05) is 20.1 Å². The van der Waals surface area contributed by atoms with Gasteiger partial charge < -0.3 is 10.6 Å². The van der Waals surface area contributed by atoms with Crippen LogP contribution in [0.3, 0.4) is 0 Å². The number of thiophene rings is 1. The van der Waals surface area contributed by atoms with E-state index in [1.165, 1.54) is 30.6 Å². The molecule has 2 rings (SSSR count). The number of rotatable bonds is 5. The van der Waals surface area contributed by atoms with Crippen LogP contribution in [0.25, 0.3) is 0 Å². The fourth-order valence-electron chi connectivity index (χ4n) is 2.23. The minimum Gasteiger partial charge on any atom is -0.351 e. The van der Waals surface area contributed by atoms with Crippen molar-refractivity contribution >= 4 is 17.2 Å². The molecule has 16 heavy (non-hydrogen) atoms. The number of nitrogens with one attached hydrogen (secondary N) is 2. The standard InChI is InChI=1S/C12H18N2OS/c1-13-8-12(5-3-6-12)9-14-11(15)10-4-2-7-16-10/h2,4,7,13H,3,5-6,8-9H2,1H3,(H,14,15). The summed E-state index contributed by atoms with van der Waals surface area (Å²) in [5, 5.41) is 8.20. The SMILES string of the molecule is CNCC1(CNC(=O)c2cccs2)CCC1. The van der Waals surface area contributed by atoms with Crippen molar-refractivity contribution in [3.63, 3.8) is 0 Å². The summed E-state index contributed by atoms with van der Waals surface area (Å²) in [6.45, 7) is 1.79. The lowest BCUT2D eigenvalue weighted by atomic mass is 9.68. The van der Waals surface area contributed by atoms with Crippen LogP contribution >= 0.6 is 11.3 Å². The van der Waals surface area contributed by atoms with Gasteiger partial charge in [-0.15, -0.1) is 11.3 Å². The average molecular weight is 238 g/mol. The highest BCUT2D eigenvalue weighted by Crippen LogP contribution is 2.39. The second-order valence-corrected chi connectivity index (χ2v) is 5.49. The minimum atomic E-state index is 0.0670. The molecule has 88 valence electrons. The summed E-state index contributed by atoms with van der Waals surface area (Å²) in [5.74, 6) is 0.0670. The van der Waals surface area contributed by atoms with Crippen molar-refractivity contribution in [1.29, 1.82) is 0 Å². The van der Waals surface area contributed by atoms with Gasteiger partial charge in [0.25, 0.3) is 5.91 Å². The number of carbonyl (C=O) groups excluding carboxylic acids is 1. The predicted octanol–water partition coefficient (Wildman–Crippen LogP) is 1.87. The Balaban J connectivity index is 1.84. The average Bonchev–Trinajstić information content (AvgIpc) is 2.74. The molecule has 0 aliphatic heterocycles. The van der Waals surface area contributed by atoms with Gasteiger partial charge in [0.2, 0.25) is 0 Å². The molecule has 0 saturated heterocycles. The molecule has 4 heteroatoms. The van der Waals surface area contributed by atoms with Crippen LogP contribution < -0.4 is 10.6 Å². The Bertz CT molecular complexity index is 344. The Morgan fingerprint density at radius 2 is 2.31 bits per heavy atom. The number of amides is 1. The molecule has 0 radical (unpaired) electrons. The molecular weight excluding hydrogens is 220 g/mol. The van der Waals surface area contributed by atoms with Crippen LogP contribution in [0.2, 0.25) is 0 Å². The molecule has 0 unspecified atom stereocenters. The third-order valence-electron chi connectivity index (χ3n) is 3.33. The summed E-state index contributed by atoms with van der Waals surface area (Å²) in [6, 6.07) is 3.78. The van der Waals surface area contributed by atoms with Gasteiger partial charge in [0.1, 0.15) is 0 Å². The first-order valence-electron chi connectivity index (χ1n) is 5.72. The third kappa shape index (κ3) is 2.44. The van der Waals surface area contributed by atoms with E-state index < -0.39 is 0 Å². The van der Waals surface area contributed by atoms with Crippen LogP contribution in [-0.4, -0.2) is 26.0 Å². The van der Waals surface area contributed by atoms with E-state index in [0.717, 1.165) is 18.0 Å². The van der Waals surface area contributed by atoms with Crippen molar-refractivity contribution in [1.82, 2.24) is 10.6 Å². The lowest BCUT2D eigenvalue weighted by Crippen LogP contribution is -2.47. The van der Waals surface area contributed by atoms with E-state index in [-0.39, 0.29) is 5.91 Å². The Labute approximate surface area is 100 Å². The zero-order valence-corrected chi connectivity index (χ0v) is 10.4. The Morgan fingerprint density at radius 3 is 2.81 bits per heavy atom. The van der Waals surface area contributed by atoms with Crippen LogP contribution in [0.1, 0.15) is 28.9 Å². The normalized spacial score (nSPS) is 17.8. The van der Waals surface area contributed by atoms with Crippen LogP contribution in [0.5, 0.6) is 0 Å². The van der Waals surface area contributed by atoms with Gasteiger partial charge in [-0.2, -0.15) is 0 Å². The lowest BCUT2D eigenvalue weighted by Gasteiger charge is -2.42. The number of carbonyl (C=O) groups is 1. The molecule has 2 N–H and O–H groups in total. The molecule has 1 amide bonds. The van der Waals surface area contributed by atoms with E-state index in [9.17, 15) is 4.79 Å². The summed E-state index contributed by atoms with van der Waals surface area (Å²) in [7, 11) is 1.97. The van der Waals surface area contributed by atoms with Crippen LogP contribution in [0.4, 0.5) is 0 Å². The Morgan fingerprint density at radius 1 is 1.50 bits per heavy atom. The van der Waals surface area contributed by atoms with E-state index >= 15 is 0 Å². The molecular formula is C12H18N2OS. The van der Waals surface area contributed by atoms with Crippen molar-refractivity contribution in [2.45, 2.75) is 19.3 Å². The zero-order valence-electron chi connectivity index (χ0n) is 9.58. The number of hydrogen-bond acceptors (Lipinski definition) is 3. The molecule has 1 fully saturated rings. The second-order valence-electron chi connectivity index (χ2n) is 4.54. The molecule has 1 aromatic heterocycles. The van der Waals surface area contributed by atoms with Crippen molar-refractivity contribution in [3.8, 4) is 0 Å². The summed E-state index contributed by atoms with van der Waals surface area (Å²) in [6.07, 6.45) is 3.73. The quantitative estimate of drug-likeness (QED) is 0.822. The Hall–Kier alpha value is -0.870. The van der Waals surface area contributed by atoms with Crippen LogP contribution in [-0.2, 0) is 0 Å². The fraction of sp³-hybridized carbons (Fsp3) is 0.583. The minimum absolute atomic E-state index is 0.0670. The summed E-state index contributed by atoms with van der Waals surface area (Å²) in [5.41, 5.74) is 0.307. The highest BCUT2D eigenvalue weighted by atomic mass is 32.1. The molecule has 1 aromatic rings. The molecule has 1 heterocycles. The van der Waals surface area contributed by atoms with E-state index in [1.807, 2.05) is 24.6 Å². The zero-order chi connectivity index (χ0) is 11.4. The summed E-state index contributed by atoms with van der Waals surface area (Å²) >= 11 is 1.49. The van der Waals surface area contributed by atoms with Gasteiger partial charge >= 0.3 is 0 Å². The first-order chi connectivity index (χ1) is 7.76. The maximum absolute atomic E-state index is 11.8. The summed E-state index contributed by atoms with van der Waals surface area (Å²) in [4.78, 5) is 12.6. The van der Waals surface area contributed by atoms with Crippen molar-refractivity contribution < 1.29 is 4.79 Å².